The van der Waals surface area contributed by atoms with Crippen LogP contribution in [-0.4, -0.2) is 23.7 Å². The molecule has 0 radical (unpaired) electrons. The number of nitro groups is 1. The quantitative estimate of drug-likeness (QED) is 0.611. The predicted octanol–water partition coefficient (Wildman–Crippen LogP) is 3.11. The topological polar surface area (TPSA) is 72.7 Å². The van der Waals surface area contributed by atoms with E-state index in [1.807, 2.05) is 0 Å². The number of carbonyl (C=O) groups is 1. The lowest BCUT2D eigenvalue weighted by molar-refractivity contribution is -0.387. The summed E-state index contributed by atoms with van der Waals surface area (Å²) in [5.41, 5.74) is -1.14. The van der Waals surface area contributed by atoms with Crippen LogP contribution < -0.4 is 4.90 Å². The first-order valence-electron chi connectivity index (χ1n) is 5.52. The maximum atomic E-state index is 13.4. The minimum Gasteiger partial charge on any atom is -0.443 e. The number of carbonyl (C=O) groups excluding carboxylic acids is 1. The van der Waals surface area contributed by atoms with Gasteiger partial charge in [0.25, 0.3) is 0 Å². The molecule has 1 rings (SSSR count). The molecule has 0 unspecified atom stereocenters. The summed E-state index contributed by atoms with van der Waals surface area (Å²) in [6.45, 7) is 5.11. The molecule has 0 spiro atoms. The summed E-state index contributed by atoms with van der Waals surface area (Å²) in [7, 11) is 1.40. The average molecular weight is 270 g/mol. The van der Waals surface area contributed by atoms with Crippen molar-refractivity contribution in [2.45, 2.75) is 26.4 Å². The van der Waals surface area contributed by atoms with Crippen molar-refractivity contribution in [1.82, 2.24) is 0 Å². The van der Waals surface area contributed by atoms with Crippen molar-refractivity contribution < 1.29 is 18.8 Å². The number of hydrogen-bond acceptors (Lipinski definition) is 4. The third-order valence-electron chi connectivity index (χ3n) is 2.18. The Labute approximate surface area is 109 Å². The second kappa shape index (κ2) is 5.21. The highest BCUT2D eigenvalue weighted by atomic mass is 19.1. The molecule has 1 aromatic carbocycles. The molecule has 0 bridgehead atoms. The smallest absolute Gasteiger partial charge is 0.414 e. The predicted molar refractivity (Wildman–Crippen MR) is 67.7 cm³/mol. The van der Waals surface area contributed by atoms with E-state index < -0.39 is 28.1 Å². The van der Waals surface area contributed by atoms with E-state index in [2.05, 4.69) is 0 Å². The van der Waals surface area contributed by atoms with E-state index in [0.717, 1.165) is 17.0 Å². The Hall–Kier alpha value is -2.18. The zero-order chi connectivity index (χ0) is 14.8. The number of ether oxygens (including phenoxy) is 1. The summed E-state index contributed by atoms with van der Waals surface area (Å²) in [6, 6.07) is 3.21. The molecule has 19 heavy (non-hydrogen) atoms. The lowest BCUT2D eigenvalue weighted by Gasteiger charge is -2.24. The lowest BCUT2D eigenvalue weighted by atomic mass is 10.2. The first-order chi connectivity index (χ1) is 8.61. The second-order valence-electron chi connectivity index (χ2n) is 4.93. The van der Waals surface area contributed by atoms with Crippen LogP contribution in [0.25, 0.3) is 0 Å². The molecule has 0 fully saturated rings. The SMILES string of the molecule is CN(C(=O)OC(C)(C)C)c1ccc([N+](=O)[O-])c(F)c1. The summed E-state index contributed by atoms with van der Waals surface area (Å²) < 4.78 is 18.5. The Bertz CT molecular complexity index is 511. The number of amides is 1. The first kappa shape index (κ1) is 14.9. The Morgan fingerprint density at radius 1 is 1.42 bits per heavy atom. The fourth-order valence-corrected chi connectivity index (χ4v) is 1.29. The molecular formula is C12H15FN2O4. The molecule has 1 aromatic rings. The average Bonchev–Trinajstić information content (AvgIpc) is 2.24. The van der Waals surface area contributed by atoms with Crippen molar-refractivity contribution in [3.63, 3.8) is 0 Å². The van der Waals surface area contributed by atoms with Crippen LogP contribution in [0.3, 0.4) is 0 Å². The number of nitro benzene ring substituents is 1. The van der Waals surface area contributed by atoms with E-state index in [1.165, 1.54) is 13.1 Å². The summed E-state index contributed by atoms with van der Waals surface area (Å²) >= 11 is 0. The third-order valence-corrected chi connectivity index (χ3v) is 2.18. The Morgan fingerprint density at radius 3 is 2.42 bits per heavy atom. The molecule has 0 saturated carbocycles. The van der Waals surface area contributed by atoms with Crippen molar-refractivity contribution in [3.05, 3.63) is 34.1 Å². The highest BCUT2D eigenvalue weighted by molar-refractivity contribution is 5.87. The molecule has 0 saturated heterocycles. The minimum atomic E-state index is -1.00. The van der Waals surface area contributed by atoms with Gasteiger partial charge in [0.1, 0.15) is 5.60 Å². The van der Waals surface area contributed by atoms with Crippen LogP contribution in [0.2, 0.25) is 0 Å². The molecule has 0 aliphatic heterocycles. The standard InChI is InChI=1S/C12H15FN2O4/c1-12(2,3)19-11(16)14(4)8-5-6-10(15(17)18)9(13)7-8/h5-7H,1-4H3. The monoisotopic (exact) mass is 270 g/mol. The van der Waals surface area contributed by atoms with Crippen molar-refractivity contribution in [2.75, 3.05) is 11.9 Å². The normalized spacial score (nSPS) is 11.0. The molecule has 0 atom stereocenters. The molecule has 0 N–H and O–H groups in total. The lowest BCUT2D eigenvalue weighted by Crippen LogP contribution is -2.34. The van der Waals surface area contributed by atoms with Crippen molar-refractivity contribution in [1.29, 1.82) is 0 Å². The van der Waals surface area contributed by atoms with Gasteiger partial charge < -0.3 is 4.74 Å². The van der Waals surface area contributed by atoms with E-state index >= 15 is 0 Å². The van der Waals surface area contributed by atoms with E-state index in [1.54, 1.807) is 20.8 Å². The van der Waals surface area contributed by atoms with Gasteiger partial charge in [-0.15, -0.1) is 0 Å². The summed E-state index contributed by atoms with van der Waals surface area (Å²) in [5, 5.41) is 10.5. The van der Waals surface area contributed by atoms with Crippen molar-refractivity contribution in [2.24, 2.45) is 0 Å². The van der Waals surface area contributed by atoms with E-state index in [4.69, 9.17) is 4.74 Å². The van der Waals surface area contributed by atoms with E-state index in [-0.39, 0.29) is 5.69 Å². The van der Waals surface area contributed by atoms with Gasteiger partial charge in [0, 0.05) is 19.2 Å². The zero-order valence-corrected chi connectivity index (χ0v) is 11.1. The highest BCUT2D eigenvalue weighted by Crippen LogP contribution is 2.24. The number of anilines is 1. The van der Waals surface area contributed by atoms with Crippen molar-refractivity contribution in [3.8, 4) is 0 Å². The molecule has 6 nitrogen and oxygen atoms in total. The number of halogens is 1. The second-order valence-corrected chi connectivity index (χ2v) is 4.93. The Morgan fingerprint density at radius 2 is 2.00 bits per heavy atom. The first-order valence-corrected chi connectivity index (χ1v) is 5.52. The number of rotatable bonds is 2. The van der Waals surface area contributed by atoms with Crippen LogP contribution in [0.4, 0.5) is 20.6 Å². The van der Waals surface area contributed by atoms with Gasteiger partial charge in [-0.05, 0) is 26.8 Å². The summed E-state index contributed by atoms with van der Waals surface area (Å²) in [4.78, 5) is 22.5. The fourth-order valence-electron chi connectivity index (χ4n) is 1.29. The summed E-state index contributed by atoms with van der Waals surface area (Å²) in [5.74, 6) is -1.00. The van der Waals surface area contributed by atoms with Crippen LogP contribution in [0.5, 0.6) is 0 Å². The maximum absolute atomic E-state index is 13.4. The number of nitrogens with zero attached hydrogens (tertiary/aromatic N) is 2. The minimum absolute atomic E-state index is 0.178. The molecule has 104 valence electrons. The van der Waals surface area contributed by atoms with E-state index in [0.29, 0.717) is 0 Å². The third kappa shape index (κ3) is 3.90. The molecule has 7 heteroatoms. The summed E-state index contributed by atoms with van der Waals surface area (Å²) in [6.07, 6.45) is -0.666. The maximum Gasteiger partial charge on any atom is 0.414 e. The molecule has 0 aromatic heterocycles. The molecule has 0 aliphatic carbocycles. The van der Waals surface area contributed by atoms with Gasteiger partial charge in [-0.3, -0.25) is 15.0 Å². The van der Waals surface area contributed by atoms with Gasteiger partial charge in [0.2, 0.25) is 5.82 Å². The van der Waals surface area contributed by atoms with Gasteiger partial charge in [0.05, 0.1) is 10.6 Å². The largest absolute Gasteiger partial charge is 0.443 e. The van der Waals surface area contributed by atoms with Crippen molar-refractivity contribution >= 4 is 17.5 Å². The number of benzene rings is 1. The van der Waals surface area contributed by atoms with Crippen LogP contribution in [0, 0.1) is 15.9 Å². The van der Waals surface area contributed by atoms with Crippen LogP contribution >= 0.6 is 0 Å². The molecular weight excluding hydrogens is 255 g/mol. The van der Waals surface area contributed by atoms with Crippen LogP contribution in [0.15, 0.2) is 18.2 Å². The van der Waals surface area contributed by atoms with Gasteiger partial charge >= 0.3 is 11.8 Å². The van der Waals surface area contributed by atoms with Gasteiger partial charge in [-0.2, -0.15) is 4.39 Å². The zero-order valence-electron chi connectivity index (χ0n) is 11.1. The molecule has 1 amide bonds. The van der Waals surface area contributed by atoms with Gasteiger partial charge in [0.15, 0.2) is 0 Å². The van der Waals surface area contributed by atoms with E-state index in [9.17, 15) is 19.3 Å². The Kier molecular flexibility index (Phi) is 4.08. The van der Waals surface area contributed by atoms with Gasteiger partial charge in [-0.1, -0.05) is 0 Å². The number of hydrogen-bond donors (Lipinski definition) is 0. The van der Waals surface area contributed by atoms with Crippen LogP contribution in [0.1, 0.15) is 20.8 Å². The fraction of sp³-hybridized carbons (Fsp3) is 0.417. The molecule has 0 heterocycles. The Balaban J connectivity index is 2.95. The highest BCUT2D eigenvalue weighted by Gasteiger charge is 2.22. The molecule has 0 aliphatic rings. The van der Waals surface area contributed by atoms with Gasteiger partial charge in [-0.25, -0.2) is 4.79 Å². The van der Waals surface area contributed by atoms with Crippen LogP contribution in [-0.2, 0) is 4.74 Å².